The van der Waals surface area contributed by atoms with Crippen LogP contribution in [0, 0.1) is 24.0 Å². The molecule has 0 saturated carbocycles. The summed E-state index contributed by atoms with van der Waals surface area (Å²) in [6, 6.07) is 5.44. The largest absolute Gasteiger partial charge is 0.522 e. The molecule has 4 aliphatic heterocycles. The number of alkyl halides is 3. The highest BCUT2D eigenvalue weighted by atomic mass is 19.4. The number of piperazine rings is 1. The Morgan fingerprint density at radius 2 is 1.84 bits per heavy atom. The van der Waals surface area contributed by atoms with Gasteiger partial charge in [-0.05, 0) is 83.0 Å². The standard InChI is InChI=1S/C41H43F5N6O6/c1-6-27-29(42)10-8-23-16-25(56-22-54-5)17-28(31(23)27)34-33(43)35-32-30(47-34)11-9-24-19-50(38(53)58-39(2,3)4)14-15-52(24)36(32)49-37(48-35)55-21-40-12-7-13-51(40)20-26(18-40)57-41(44,45)46/h1,8,10,16-17,24,26H,7,9,11-15,18-22H2,2-5H3. The molecule has 0 bridgehead atoms. The van der Waals surface area contributed by atoms with Crippen molar-refractivity contribution in [2.45, 2.75) is 82.5 Å². The first-order valence-electron chi connectivity index (χ1n) is 19.2. The minimum Gasteiger partial charge on any atom is -0.468 e. The average Bonchev–Trinajstić information content (AvgIpc) is 3.65. The first kappa shape index (κ1) is 39.8. The molecule has 0 radical (unpaired) electrons. The fraction of sp³-hybridized carbons (Fsp3) is 0.512. The lowest BCUT2D eigenvalue weighted by atomic mass is 9.94. The van der Waals surface area contributed by atoms with Crippen LogP contribution in [0.25, 0.3) is 32.9 Å². The number of anilines is 1. The van der Waals surface area contributed by atoms with Crippen molar-refractivity contribution in [2.24, 2.45) is 0 Å². The van der Waals surface area contributed by atoms with Crippen molar-refractivity contribution in [3.63, 3.8) is 0 Å². The van der Waals surface area contributed by atoms with E-state index in [1.54, 1.807) is 31.7 Å². The van der Waals surface area contributed by atoms with Gasteiger partial charge in [-0.3, -0.25) is 9.64 Å². The number of methoxy groups -OCH3 is 1. The number of nitrogens with zero attached hydrogens (tertiary/aromatic N) is 6. The topological polar surface area (TPSA) is 112 Å². The van der Waals surface area contributed by atoms with E-state index in [1.807, 2.05) is 9.80 Å². The minimum absolute atomic E-state index is 0.0632. The molecule has 4 aliphatic rings. The summed E-state index contributed by atoms with van der Waals surface area (Å²) in [7, 11) is 1.45. The van der Waals surface area contributed by atoms with E-state index >= 15 is 8.78 Å². The number of rotatable bonds is 8. The van der Waals surface area contributed by atoms with E-state index in [0.29, 0.717) is 60.4 Å². The quantitative estimate of drug-likeness (QED) is 0.104. The number of benzene rings is 2. The molecule has 17 heteroatoms. The Morgan fingerprint density at radius 3 is 2.59 bits per heavy atom. The third-order valence-corrected chi connectivity index (χ3v) is 11.3. The molecule has 3 saturated heterocycles. The molecule has 3 fully saturated rings. The fourth-order valence-electron chi connectivity index (χ4n) is 8.90. The highest BCUT2D eigenvalue weighted by Gasteiger charge is 2.52. The van der Waals surface area contributed by atoms with E-state index in [2.05, 4.69) is 15.6 Å². The van der Waals surface area contributed by atoms with E-state index in [1.165, 1.54) is 25.3 Å². The number of hydrogen-bond donors (Lipinski definition) is 0. The summed E-state index contributed by atoms with van der Waals surface area (Å²) in [6.07, 6.45) is 1.73. The number of halogens is 5. The molecule has 12 nitrogen and oxygen atoms in total. The van der Waals surface area contributed by atoms with Gasteiger partial charge in [0.15, 0.2) is 12.6 Å². The Kier molecular flexibility index (Phi) is 10.3. The molecule has 6 heterocycles. The number of hydrogen-bond acceptors (Lipinski definition) is 11. The number of pyridine rings is 1. The van der Waals surface area contributed by atoms with Crippen molar-refractivity contribution >= 4 is 33.6 Å². The second kappa shape index (κ2) is 15.0. The normalized spacial score (nSPS) is 22.1. The maximum atomic E-state index is 17.5. The van der Waals surface area contributed by atoms with Crippen LogP contribution in [0.1, 0.15) is 57.7 Å². The van der Waals surface area contributed by atoms with Gasteiger partial charge in [-0.1, -0.05) is 12.0 Å². The van der Waals surface area contributed by atoms with Gasteiger partial charge in [-0.15, -0.1) is 19.6 Å². The Labute approximate surface area is 331 Å². The van der Waals surface area contributed by atoms with Gasteiger partial charge in [0.05, 0.1) is 28.3 Å². The highest BCUT2D eigenvalue weighted by molar-refractivity contribution is 6.03. The zero-order valence-corrected chi connectivity index (χ0v) is 32.5. The number of carbonyl (C=O) groups is 1. The lowest BCUT2D eigenvalue weighted by molar-refractivity contribution is -0.340. The predicted octanol–water partition coefficient (Wildman–Crippen LogP) is 6.98. The molecule has 2 aromatic carbocycles. The van der Waals surface area contributed by atoms with E-state index in [0.717, 1.165) is 6.42 Å². The van der Waals surface area contributed by atoms with Gasteiger partial charge < -0.3 is 28.7 Å². The zero-order valence-electron chi connectivity index (χ0n) is 32.5. The van der Waals surface area contributed by atoms with Crippen LogP contribution in [0.2, 0.25) is 0 Å². The Hall–Kier alpha value is -5.05. The van der Waals surface area contributed by atoms with Crippen molar-refractivity contribution < 1.29 is 50.4 Å². The number of carbonyl (C=O) groups excluding carboxylic acids is 1. The van der Waals surface area contributed by atoms with Gasteiger partial charge in [0.25, 0.3) is 0 Å². The van der Waals surface area contributed by atoms with Crippen molar-refractivity contribution in [1.29, 1.82) is 0 Å². The van der Waals surface area contributed by atoms with Crippen LogP contribution in [0.3, 0.4) is 0 Å². The predicted molar refractivity (Wildman–Crippen MR) is 202 cm³/mol. The van der Waals surface area contributed by atoms with Gasteiger partial charge in [0.2, 0.25) is 0 Å². The maximum Gasteiger partial charge on any atom is 0.522 e. The molecule has 0 N–H and O–H groups in total. The summed E-state index contributed by atoms with van der Waals surface area (Å²) >= 11 is 0. The number of terminal acetylenes is 1. The molecule has 2 aromatic heterocycles. The van der Waals surface area contributed by atoms with E-state index in [4.69, 9.17) is 35.3 Å². The lowest BCUT2D eigenvalue weighted by Crippen LogP contribution is -2.55. The Balaban J connectivity index is 1.25. The Bertz CT molecular complexity index is 2310. The molecule has 8 rings (SSSR count). The van der Waals surface area contributed by atoms with Crippen LogP contribution >= 0.6 is 0 Å². The van der Waals surface area contributed by atoms with Gasteiger partial charge in [0, 0.05) is 50.3 Å². The number of ether oxygens (including phenoxy) is 5. The first-order valence-corrected chi connectivity index (χ1v) is 19.2. The fourth-order valence-corrected chi connectivity index (χ4v) is 8.90. The molecule has 1 amide bonds. The molecule has 58 heavy (non-hydrogen) atoms. The Morgan fingerprint density at radius 1 is 1.03 bits per heavy atom. The van der Waals surface area contributed by atoms with Crippen molar-refractivity contribution in [3.8, 4) is 35.4 Å². The summed E-state index contributed by atoms with van der Waals surface area (Å²) in [5, 5.41) is 1.07. The summed E-state index contributed by atoms with van der Waals surface area (Å²) in [5.74, 6) is 1.53. The SMILES string of the molecule is C#Cc1c(F)ccc2cc(OCOC)cc(-c3nc4c5c(nc(OCC67CCCN6CC(OC(F)(F)F)C7)nc5c3F)N3CCN(C(=O)OC(C)(C)C)CC3CC4)c12. The van der Waals surface area contributed by atoms with Crippen LogP contribution < -0.4 is 14.4 Å². The van der Waals surface area contributed by atoms with E-state index in [9.17, 15) is 18.0 Å². The summed E-state index contributed by atoms with van der Waals surface area (Å²) in [5.41, 5.74) is -1.22. The number of aromatic nitrogens is 3. The zero-order chi connectivity index (χ0) is 41.1. The van der Waals surface area contributed by atoms with Crippen molar-refractivity contribution in [3.05, 3.63) is 47.2 Å². The third kappa shape index (κ3) is 7.53. The van der Waals surface area contributed by atoms with Gasteiger partial charge in [-0.2, -0.15) is 9.97 Å². The van der Waals surface area contributed by atoms with Gasteiger partial charge in [-0.25, -0.2) is 18.6 Å². The van der Waals surface area contributed by atoms with E-state index < -0.39 is 41.3 Å². The first-order chi connectivity index (χ1) is 27.6. The second-order valence-electron chi connectivity index (χ2n) is 16.2. The third-order valence-electron chi connectivity index (χ3n) is 11.3. The molecule has 4 aromatic rings. The van der Waals surface area contributed by atoms with Crippen LogP contribution in [-0.4, -0.2) is 114 Å². The number of amides is 1. The minimum atomic E-state index is -4.78. The van der Waals surface area contributed by atoms with Gasteiger partial charge in [0.1, 0.15) is 40.8 Å². The van der Waals surface area contributed by atoms with Crippen molar-refractivity contribution in [2.75, 3.05) is 58.1 Å². The maximum absolute atomic E-state index is 17.5. The van der Waals surface area contributed by atoms with E-state index in [-0.39, 0.29) is 79.2 Å². The second-order valence-corrected chi connectivity index (χ2v) is 16.2. The van der Waals surface area contributed by atoms with Gasteiger partial charge >= 0.3 is 18.5 Å². The molecule has 0 aliphatic carbocycles. The lowest BCUT2D eigenvalue weighted by Gasteiger charge is -2.41. The number of aryl methyl sites for hydroxylation is 1. The number of fused-ring (bicyclic) bond motifs is 4. The molecule has 3 atom stereocenters. The molecule has 308 valence electrons. The summed E-state index contributed by atoms with van der Waals surface area (Å²) < 4.78 is 99.8. The van der Waals surface area contributed by atoms with Crippen LogP contribution in [0.4, 0.5) is 32.6 Å². The molecular formula is C41H43F5N6O6. The smallest absolute Gasteiger partial charge is 0.468 e. The molecule has 3 unspecified atom stereocenters. The summed E-state index contributed by atoms with van der Waals surface area (Å²) in [4.78, 5) is 33.2. The molecular weight excluding hydrogens is 767 g/mol. The average molecular weight is 811 g/mol. The van der Waals surface area contributed by atoms with Crippen LogP contribution in [0.5, 0.6) is 11.8 Å². The summed E-state index contributed by atoms with van der Waals surface area (Å²) in [6.45, 7) is 6.75. The highest BCUT2D eigenvalue weighted by Crippen LogP contribution is 2.44. The molecule has 0 spiro atoms. The van der Waals surface area contributed by atoms with Crippen LogP contribution in [0.15, 0.2) is 24.3 Å². The monoisotopic (exact) mass is 810 g/mol. The van der Waals surface area contributed by atoms with Crippen molar-refractivity contribution in [1.82, 2.24) is 24.8 Å². The van der Waals surface area contributed by atoms with Crippen LogP contribution in [-0.2, 0) is 20.6 Å².